The van der Waals surface area contributed by atoms with E-state index in [1.165, 1.54) is 56.3 Å². The summed E-state index contributed by atoms with van der Waals surface area (Å²) in [4.78, 5) is 29.0. The van der Waals surface area contributed by atoms with Crippen LogP contribution in [0.5, 0.6) is 0 Å². The molecule has 0 bridgehead atoms. The van der Waals surface area contributed by atoms with Crippen LogP contribution in [0.25, 0.3) is 10.9 Å². The number of hydrogen-bond donors (Lipinski definition) is 2. The zero-order chi connectivity index (χ0) is 21.0. The van der Waals surface area contributed by atoms with Crippen LogP contribution in [0.3, 0.4) is 0 Å². The molecule has 1 saturated carbocycles. The summed E-state index contributed by atoms with van der Waals surface area (Å²) in [5.41, 5.74) is 6.52. The number of H-pyrrole nitrogens is 1. The van der Waals surface area contributed by atoms with Gasteiger partial charge in [-0.2, -0.15) is 0 Å². The van der Waals surface area contributed by atoms with Gasteiger partial charge < -0.3 is 10.7 Å². The number of nitrogens with one attached hydrogen (secondary N) is 1. The summed E-state index contributed by atoms with van der Waals surface area (Å²) in [6.07, 6.45) is 7.89. The van der Waals surface area contributed by atoms with Crippen LogP contribution >= 0.6 is 11.6 Å². The van der Waals surface area contributed by atoms with E-state index in [0.717, 1.165) is 11.5 Å². The van der Waals surface area contributed by atoms with E-state index >= 15 is 0 Å². The van der Waals surface area contributed by atoms with E-state index in [1.54, 1.807) is 6.07 Å². The van der Waals surface area contributed by atoms with Gasteiger partial charge in [-0.1, -0.05) is 37.4 Å². The highest BCUT2D eigenvalue weighted by molar-refractivity contribution is 6.31. The number of carbonyl (C=O) groups is 1. The van der Waals surface area contributed by atoms with E-state index in [0.29, 0.717) is 16.5 Å². The second-order valence-electron chi connectivity index (χ2n) is 7.42. The summed E-state index contributed by atoms with van der Waals surface area (Å²) in [6, 6.07) is 7.73. The number of pyridine rings is 2. The molecule has 2 unspecified atom stereocenters. The highest BCUT2D eigenvalue weighted by Gasteiger charge is 2.22. The van der Waals surface area contributed by atoms with E-state index in [4.69, 9.17) is 17.3 Å². The molecule has 0 aliphatic heterocycles. The van der Waals surface area contributed by atoms with Gasteiger partial charge in [-0.15, -0.1) is 0 Å². The molecule has 152 valence electrons. The summed E-state index contributed by atoms with van der Waals surface area (Å²) in [6.45, 7) is 2.28. The average Bonchev–Trinajstić information content (AvgIpc) is 2.68. The summed E-state index contributed by atoms with van der Waals surface area (Å²) < 4.78 is 12.9. The van der Waals surface area contributed by atoms with Gasteiger partial charge in [-0.3, -0.25) is 14.6 Å². The first-order valence-electron chi connectivity index (χ1n) is 9.58. The van der Waals surface area contributed by atoms with Gasteiger partial charge in [0.05, 0.1) is 10.9 Å². The summed E-state index contributed by atoms with van der Waals surface area (Å²) >= 11 is 6.07. The van der Waals surface area contributed by atoms with Crippen LogP contribution in [-0.4, -0.2) is 15.9 Å². The number of carbonyl (C=O) groups excluding carboxylic acids is 1. The van der Waals surface area contributed by atoms with Gasteiger partial charge in [0.2, 0.25) is 0 Å². The lowest BCUT2D eigenvalue weighted by molar-refractivity contribution is 0.0997. The quantitative estimate of drug-likeness (QED) is 0.630. The molecule has 2 atom stereocenters. The van der Waals surface area contributed by atoms with Gasteiger partial charge >= 0.3 is 0 Å². The molecule has 1 aromatic carbocycles. The summed E-state index contributed by atoms with van der Waals surface area (Å²) in [5, 5.41) is 0.830. The fraction of sp³-hybridized carbons (Fsp3) is 0.318. The van der Waals surface area contributed by atoms with Crippen LogP contribution in [0.1, 0.15) is 54.6 Å². The van der Waals surface area contributed by atoms with Gasteiger partial charge in [0.25, 0.3) is 5.91 Å². The molecule has 7 heteroatoms. The Bertz CT molecular complexity index is 1080. The summed E-state index contributed by atoms with van der Waals surface area (Å²) in [5.74, 6) is 0.353. The van der Waals surface area contributed by atoms with Crippen molar-refractivity contribution in [3.63, 3.8) is 0 Å². The van der Waals surface area contributed by atoms with Crippen LogP contribution < -0.4 is 11.2 Å². The number of benzene rings is 1. The Morgan fingerprint density at radius 2 is 2.07 bits per heavy atom. The standard InChI is InChI=1S/C13H16ClF.C9H7N3O2/c1-9-3-2-4-10(7-9)12-6-5-11(15)8-13(12)14;10-9(14)8-7-5(1-3-12-8)11-4-2-6(7)13/h5-6,8-10H,2-4,7H2,1H3;1-4H,(H2,10,14)(H,11,13). The molecule has 1 aliphatic rings. The molecular weight excluding hydrogens is 393 g/mol. The van der Waals surface area contributed by atoms with Crippen LogP contribution in [0, 0.1) is 11.7 Å². The van der Waals surface area contributed by atoms with Crippen molar-refractivity contribution in [2.24, 2.45) is 11.7 Å². The van der Waals surface area contributed by atoms with Gasteiger partial charge in [-0.05, 0) is 48.4 Å². The van der Waals surface area contributed by atoms with Crippen molar-refractivity contribution < 1.29 is 9.18 Å². The average molecular weight is 416 g/mol. The van der Waals surface area contributed by atoms with Gasteiger partial charge in [0.15, 0.2) is 5.43 Å². The minimum absolute atomic E-state index is 0.00403. The number of fused-ring (bicyclic) bond motifs is 1. The normalized spacial score (nSPS) is 18.7. The second-order valence-corrected chi connectivity index (χ2v) is 7.83. The zero-order valence-corrected chi connectivity index (χ0v) is 16.9. The Kier molecular flexibility index (Phi) is 6.64. The molecule has 3 aromatic rings. The third-order valence-corrected chi connectivity index (χ3v) is 5.57. The Morgan fingerprint density at radius 1 is 1.28 bits per heavy atom. The van der Waals surface area contributed by atoms with Crippen molar-refractivity contribution in [1.82, 2.24) is 9.97 Å². The number of rotatable bonds is 2. The number of hydrogen-bond acceptors (Lipinski definition) is 3. The Morgan fingerprint density at radius 3 is 2.76 bits per heavy atom. The fourth-order valence-corrected chi connectivity index (χ4v) is 4.18. The van der Waals surface area contributed by atoms with Crippen LogP contribution in [0.2, 0.25) is 5.02 Å². The van der Waals surface area contributed by atoms with Gasteiger partial charge in [0, 0.05) is 23.5 Å². The number of nitrogens with zero attached hydrogens (tertiary/aromatic N) is 1. The lowest BCUT2D eigenvalue weighted by Gasteiger charge is -2.27. The molecule has 29 heavy (non-hydrogen) atoms. The summed E-state index contributed by atoms with van der Waals surface area (Å²) in [7, 11) is 0. The molecule has 5 nitrogen and oxygen atoms in total. The first kappa shape index (κ1) is 21.0. The van der Waals surface area contributed by atoms with Crippen molar-refractivity contribution in [2.75, 3.05) is 0 Å². The van der Waals surface area contributed by atoms with E-state index in [9.17, 15) is 14.0 Å². The van der Waals surface area contributed by atoms with Gasteiger partial charge in [0.1, 0.15) is 11.5 Å². The lowest BCUT2D eigenvalue weighted by Crippen LogP contribution is -2.17. The molecule has 1 amide bonds. The Balaban J connectivity index is 0.000000166. The van der Waals surface area contributed by atoms with E-state index < -0.39 is 5.91 Å². The lowest BCUT2D eigenvalue weighted by atomic mass is 9.79. The van der Waals surface area contributed by atoms with E-state index in [-0.39, 0.29) is 22.3 Å². The molecule has 0 saturated heterocycles. The maximum Gasteiger partial charge on any atom is 0.268 e. The first-order valence-corrected chi connectivity index (χ1v) is 9.95. The van der Waals surface area contributed by atoms with Crippen LogP contribution in [-0.2, 0) is 0 Å². The molecule has 4 rings (SSSR count). The molecule has 2 heterocycles. The van der Waals surface area contributed by atoms with Crippen molar-refractivity contribution in [2.45, 2.75) is 38.5 Å². The Labute approximate surface area is 173 Å². The largest absolute Gasteiger partial charge is 0.364 e. The minimum atomic E-state index is -0.702. The number of aromatic amines is 1. The van der Waals surface area contributed by atoms with Crippen molar-refractivity contribution in [3.05, 3.63) is 75.0 Å². The topological polar surface area (TPSA) is 88.8 Å². The first-order chi connectivity index (χ1) is 13.9. The van der Waals surface area contributed by atoms with Crippen molar-refractivity contribution in [3.8, 4) is 0 Å². The fourth-order valence-electron chi connectivity index (χ4n) is 3.86. The minimum Gasteiger partial charge on any atom is -0.364 e. The predicted octanol–water partition coefficient (Wildman–Crippen LogP) is 4.79. The molecule has 1 fully saturated rings. The monoisotopic (exact) mass is 415 g/mol. The van der Waals surface area contributed by atoms with Crippen molar-refractivity contribution in [1.29, 1.82) is 0 Å². The highest BCUT2D eigenvalue weighted by atomic mass is 35.5. The molecular formula is C22H23ClFN3O2. The maximum atomic E-state index is 12.9. The van der Waals surface area contributed by atoms with Crippen LogP contribution in [0.15, 0.2) is 47.5 Å². The van der Waals surface area contributed by atoms with Crippen LogP contribution in [0.4, 0.5) is 4.39 Å². The maximum absolute atomic E-state index is 12.9. The molecule has 3 N–H and O–H groups in total. The van der Waals surface area contributed by atoms with Gasteiger partial charge in [-0.25, -0.2) is 4.39 Å². The second kappa shape index (κ2) is 9.18. The third kappa shape index (κ3) is 5.01. The van der Waals surface area contributed by atoms with Crippen molar-refractivity contribution >= 4 is 28.4 Å². The highest BCUT2D eigenvalue weighted by Crippen LogP contribution is 2.38. The SMILES string of the molecule is CC1CCCC(c2ccc(F)cc2Cl)C1.NC(=O)c1nccc2[nH]ccc(=O)c12. The smallest absolute Gasteiger partial charge is 0.268 e. The number of halogens is 2. The van der Waals surface area contributed by atoms with E-state index in [1.807, 2.05) is 6.07 Å². The molecule has 1 aliphatic carbocycles. The molecule has 0 spiro atoms. The third-order valence-electron chi connectivity index (χ3n) is 5.24. The van der Waals surface area contributed by atoms with E-state index in [2.05, 4.69) is 16.9 Å². The number of aromatic nitrogens is 2. The number of primary amides is 1. The zero-order valence-electron chi connectivity index (χ0n) is 16.1. The molecule has 0 radical (unpaired) electrons. The number of amides is 1. The number of nitrogens with two attached hydrogens (primary N) is 1. The molecule has 2 aromatic heterocycles. The Hall–Kier alpha value is -2.73. The predicted molar refractivity (Wildman–Crippen MR) is 113 cm³/mol.